The van der Waals surface area contributed by atoms with Crippen LogP contribution in [0.5, 0.6) is 0 Å². The highest BCUT2D eigenvalue weighted by Gasteiger charge is 2.22. The molecule has 2 aromatic rings. The number of imidazole rings is 1. The van der Waals surface area contributed by atoms with Crippen molar-refractivity contribution in [2.24, 2.45) is 5.41 Å². The Balaban J connectivity index is 2.46. The SMILES string of the molecule is Cc1nc2c(NC(=O)C(C)(C)C)cccn2c1Br. The molecule has 0 aromatic carbocycles. The van der Waals surface area contributed by atoms with Crippen molar-refractivity contribution in [3.8, 4) is 0 Å². The Kier molecular flexibility index (Phi) is 3.19. The number of carbonyl (C=O) groups excluding carboxylic acids is 1. The van der Waals surface area contributed by atoms with Crippen molar-refractivity contribution in [3.05, 3.63) is 28.6 Å². The van der Waals surface area contributed by atoms with Crippen molar-refractivity contribution >= 4 is 33.2 Å². The van der Waals surface area contributed by atoms with Crippen LogP contribution in [0.2, 0.25) is 0 Å². The van der Waals surface area contributed by atoms with E-state index in [9.17, 15) is 4.79 Å². The molecule has 0 radical (unpaired) electrons. The van der Waals surface area contributed by atoms with E-state index in [-0.39, 0.29) is 5.91 Å². The Hall–Kier alpha value is -1.36. The Morgan fingerprint density at radius 1 is 1.44 bits per heavy atom. The molecule has 0 bridgehead atoms. The largest absolute Gasteiger partial charge is 0.322 e. The van der Waals surface area contributed by atoms with E-state index in [4.69, 9.17) is 0 Å². The number of halogens is 1. The summed E-state index contributed by atoms with van der Waals surface area (Å²) < 4.78 is 2.82. The Labute approximate surface area is 115 Å². The maximum absolute atomic E-state index is 12.0. The second kappa shape index (κ2) is 4.39. The van der Waals surface area contributed by atoms with Gasteiger partial charge < -0.3 is 5.32 Å². The highest BCUT2D eigenvalue weighted by Crippen LogP contribution is 2.25. The zero-order valence-corrected chi connectivity index (χ0v) is 12.5. The number of carbonyl (C=O) groups is 1. The second-order valence-electron chi connectivity index (χ2n) is 5.31. The molecule has 0 atom stereocenters. The van der Waals surface area contributed by atoms with Gasteiger partial charge in [-0.2, -0.15) is 0 Å². The lowest BCUT2D eigenvalue weighted by Gasteiger charge is -2.17. The first-order valence-corrected chi connectivity index (χ1v) is 6.54. The molecule has 0 fully saturated rings. The van der Waals surface area contributed by atoms with Crippen molar-refractivity contribution in [3.63, 3.8) is 0 Å². The van der Waals surface area contributed by atoms with E-state index in [1.165, 1.54) is 0 Å². The van der Waals surface area contributed by atoms with Crippen LogP contribution in [0.4, 0.5) is 5.69 Å². The summed E-state index contributed by atoms with van der Waals surface area (Å²) in [6, 6.07) is 3.75. The monoisotopic (exact) mass is 309 g/mol. The van der Waals surface area contributed by atoms with Gasteiger partial charge in [0.15, 0.2) is 5.65 Å². The molecule has 0 saturated carbocycles. The Morgan fingerprint density at radius 2 is 2.11 bits per heavy atom. The molecule has 2 heterocycles. The summed E-state index contributed by atoms with van der Waals surface area (Å²) in [6.07, 6.45) is 1.91. The first kappa shape index (κ1) is 13.1. The summed E-state index contributed by atoms with van der Waals surface area (Å²) in [7, 11) is 0. The molecule has 5 heteroatoms. The van der Waals surface area contributed by atoms with E-state index < -0.39 is 5.41 Å². The van der Waals surface area contributed by atoms with Gasteiger partial charge in [-0.05, 0) is 35.0 Å². The van der Waals surface area contributed by atoms with Crippen LogP contribution in [0.25, 0.3) is 5.65 Å². The lowest BCUT2D eigenvalue weighted by atomic mass is 9.95. The molecule has 2 aromatic heterocycles. The van der Waals surface area contributed by atoms with Crippen molar-refractivity contribution in [1.82, 2.24) is 9.38 Å². The van der Waals surface area contributed by atoms with E-state index in [0.717, 1.165) is 21.6 Å². The minimum atomic E-state index is -0.425. The van der Waals surface area contributed by atoms with Gasteiger partial charge in [0.2, 0.25) is 5.91 Å². The van der Waals surface area contributed by atoms with E-state index in [1.807, 2.05) is 50.4 Å². The number of nitrogens with zero attached hydrogens (tertiary/aromatic N) is 2. The van der Waals surface area contributed by atoms with Crippen LogP contribution in [0, 0.1) is 12.3 Å². The van der Waals surface area contributed by atoms with Gasteiger partial charge in [0.1, 0.15) is 4.60 Å². The average Bonchev–Trinajstić information content (AvgIpc) is 2.56. The molecule has 0 saturated heterocycles. The molecule has 96 valence electrons. The van der Waals surface area contributed by atoms with Gasteiger partial charge in [-0.15, -0.1) is 0 Å². The number of fused-ring (bicyclic) bond motifs is 1. The summed E-state index contributed by atoms with van der Waals surface area (Å²) in [5.74, 6) is -0.0209. The molecule has 4 nitrogen and oxygen atoms in total. The number of hydrogen-bond acceptors (Lipinski definition) is 2. The summed E-state index contributed by atoms with van der Waals surface area (Å²) in [5, 5.41) is 2.92. The van der Waals surface area contributed by atoms with Crippen molar-refractivity contribution < 1.29 is 4.79 Å². The minimum Gasteiger partial charge on any atom is -0.322 e. The van der Waals surface area contributed by atoms with Crippen LogP contribution in [0.3, 0.4) is 0 Å². The molecule has 2 rings (SSSR count). The van der Waals surface area contributed by atoms with E-state index in [1.54, 1.807) is 0 Å². The maximum atomic E-state index is 12.0. The number of aromatic nitrogens is 2. The zero-order valence-electron chi connectivity index (χ0n) is 10.9. The number of rotatable bonds is 1. The molecular weight excluding hydrogens is 294 g/mol. The molecule has 0 aliphatic carbocycles. The van der Waals surface area contributed by atoms with Crippen molar-refractivity contribution in [1.29, 1.82) is 0 Å². The van der Waals surface area contributed by atoms with Crippen LogP contribution in [0.1, 0.15) is 26.5 Å². The van der Waals surface area contributed by atoms with Gasteiger partial charge in [-0.1, -0.05) is 20.8 Å². The lowest BCUT2D eigenvalue weighted by Crippen LogP contribution is -2.27. The van der Waals surface area contributed by atoms with Crippen LogP contribution in [-0.4, -0.2) is 15.3 Å². The predicted molar refractivity (Wildman–Crippen MR) is 75.7 cm³/mol. The lowest BCUT2D eigenvalue weighted by molar-refractivity contribution is -0.123. The fraction of sp³-hybridized carbons (Fsp3) is 0.385. The van der Waals surface area contributed by atoms with Crippen LogP contribution < -0.4 is 5.32 Å². The molecular formula is C13H16BrN3O. The van der Waals surface area contributed by atoms with Crippen LogP contribution in [0.15, 0.2) is 22.9 Å². The first-order chi connectivity index (χ1) is 8.30. The minimum absolute atomic E-state index is 0.0209. The Bertz CT molecular complexity index is 610. The van der Waals surface area contributed by atoms with E-state index in [0.29, 0.717) is 0 Å². The standard InChI is InChI=1S/C13H16BrN3O/c1-8-10(14)17-7-5-6-9(11(17)15-8)16-12(18)13(2,3)4/h5-7H,1-4H3,(H,16,18). The highest BCUT2D eigenvalue weighted by molar-refractivity contribution is 9.10. The number of nitrogens with one attached hydrogen (secondary N) is 1. The first-order valence-electron chi connectivity index (χ1n) is 5.75. The number of aryl methyl sites for hydroxylation is 1. The van der Waals surface area contributed by atoms with Gasteiger partial charge in [0, 0.05) is 11.6 Å². The molecule has 0 spiro atoms. The van der Waals surface area contributed by atoms with Crippen molar-refractivity contribution in [2.75, 3.05) is 5.32 Å². The van der Waals surface area contributed by atoms with Crippen LogP contribution in [-0.2, 0) is 4.79 Å². The quantitative estimate of drug-likeness (QED) is 0.877. The maximum Gasteiger partial charge on any atom is 0.229 e. The topological polar surface area (TPSA) is 46.4 Å². The third-order valence-corrected chi connectivity index (χ3v) is 3.64. The summed E-state index contributed by atoms with van der Waals surface area (Å²) >= 11 is 3.48. The van der Waals surface area contributed by atoms with Crippen LogP contribution >= 0.6 is 15.9 Å². The van der Waals surface area contributed by atoms with E-state index in [2.05, 4.69) is 26.2 Å². The Morgan fingerprint density at radius 3 is 2.72 bits per heavy atom. The predicted octanol–water partition coefficient (Wildman–Crippen LogP) is 3.39. The average molecular weight is 310 g/mol. The molecule has 0 aliphatic heterocycles. The van der Waals surface area contributed by atoms with Gasteiger partial charge in [0.05, 0.1) is 11.4 Å². The highest BCUT2D eigenvalue weighted by atomic mass is 79.9. The summed E-state index contributed by atoms with van der Waals surface area (Å²) in [4.78, 5) is 16.5. The number of anilines is 1. The third kappa shape index (κ3) is 2.27. The summed E-state index contributed by atoms with van der Waals surface area (Å²) in [5.41, 5.74) is 1.95. The van der Waals surface area contributed by atoms with Gasteiger partial charge >= 0.3 is 0 Å². The molecule has 1 N–H and O–H groups in total. The molecule has 1 amide bonds. The number of amides is 1. The third-order valence-electron chi connectivity index (χ3n) is 2.68. The zero-order chi connectivity index (χ0) is 13.5. The second-order valence-corrected chi connectivity index (χ2v) is 6.06. The summed E-state index contributed by atoms with van der Waals surface area (Å²) in [6.45, 7) is 7.58. The van der Waals surface area contributed by atoms with Crippen molar-refractivity contribution in [2.45, 2.75) is 27.7 Å². The normalized spacial score (nSPS) is 11.8. The molecule has 0 unspecified atom stereocenters. The van der Waals surface area contributed by atoms with Gasteiger partial charge in [0.25, 0.3) is 0 Å². The number of pyridine rings is 1. The smallest absolute Gasteiger partial charge is 0.229 e. The molecule has 18 heavy (non-hydrogen) atoms. The van der Waals surface area contributed by atoms with Gasteiger partial charge in [-0.3, -0.25) is 9.20 Å². The fourth-order valence-corrected chi connectivity index (χ4v) is 1.93. The molecule has 0 aliphatic rings. The van der Waals surface area contributed by atoms with E-state index >= 15 is 0 Å². The van der Waals surface area contributed by atoms with Gasteiger partial charge in [-0.25, -0.2) is 4.98 Å². The number of hydrogen-bond donors (Lipinski definition) is 1. The fourth-order valence-electron chi connectivity index (χ4n) is 1.56.